The van der Waals surface area contributed by atoms with Gasteiger partial charge < -0.3 is 9.52 Å². The highest BCUT2D eigenvalue weighted by Gasteiger charge is 2.33. The maximum Gasteiger partial charge on any atom is 0.373 e. The predicted molar refractivity (Wildman–Crippen MR) is 65.6 cm³/mol. The quantitative estimate of drug-likeness (QED) is 0.920. The summed E-state index contributed by atoms with van der Waals surface area (Å²) in [5.41, 5.74) is 1.46. The fraction of sp³-hybridized carbons (Fsp3) is 0.286. The first-order valence-corrected chi connectivity index (χ1v) is 6.07. The fourth-order valence-electron chi connectivity index (χ4n) is 1.97. The van der Waals surface area contributed by atoms with Crippen molar-refractivity contribution in [2.24, 2.45) is 0 Å². The van der Waals surface area contributed by atoms with Crippen LogP contribution in [0.3, 0.4) is 0 Å². The minimum absolute atomic E-state index is 0.126. The lowest BCUT2D eigenvalue weighted by molar-refractivity contribution is 0.0661. The summed E-state index contributed by atoms with van der Waals surface area (Å²) in [7, 11) is 0. The fourth-order valence-corrected chi connectivity index (χ4v) is 1.97. The number of carboxylic acids is 1. The van der Waals surface area contributed by atoms with Crippen LogP contribution in [0.5, 0.6) is 0 Å². The Morgan fingerprint density at radius 1 is 1.47 bits per heavy atom. The molecule has 0 aliphatic heterocycles. The van der Waals surface area contributed by atoms with Crippen LogP contribution in [-0.4, -0.2) is 16.1 Å². The van der Waals surface area contributed by atoms with Crippen LogP contribution >= 0.6 is 0 Å². The van der Waals surface area contributed by atoms with Gasteiger partial charge in [0.1, 0.15) is 5.82 Å². The van der Waals surface area contributed by atoms with E-state index < -0.39 is 5.97 Å². The van der Waals surface area contributed by atoms with Crippen molar-refractivity contribution in [3.05, 3.63) is 41.0 Å². The van der Waals surface area contributed by atoms with Crippen molar-refractivity contribution in [1.82, 2.24) is 4.98 Å². The number of hydrogen-bond donors (Lipinski definition) is 1. The average Bonchev–Trinajstić information content (AvgIpc) is 3.11. The van der Waals surface area contributed by atoms with Crippen molar-refractivity contribution >= 4 is 5.97 Å². The summed E-state index contributed by atoms with van der Waals surface area (Å²) in [6, 6.07) is 4.60. The lowest BCUT2D eigenvalue weighted by Gasteiger charge is -1.98. The van der Waals surface area contributed by atoms with Crippen molar-refractivity contribution < 1.29 is 18.7 Å². The minimum Gasteiger partial charge on any atom is -0.475 e. The van der Waals surface area contributed by atoms with Gasteiger partial charge in [-0.2, -0.15) is 0 Å². The highest BCUT2D eigenvalue weighted by Crippen LogP contribution is 2.42. The van der Waals surface area contributed by atoms with Gasteiger partial charge in [0.25, 0.3) is 0 Å². The van der Waals surface area contributed by atoms with Gasteiger partial charge in [0.2, 0.25) is 11.7 Å². The number of oxazole rings is 1. The first kappa shape index (κ1) is 11.9. The Hall–Kier alpha value is -2.17. The molecule has 0 unspecified atom stereocenters. The zero-order valence-corrected chi connectivity index (χ0v) is 10.3. The van der Waals surface area contributed by atoms with Gasteiger partial charge in [-0.15, -0.1) is 0 Å². The molecule has 1 aliphatic rings. The second-order valence-corrected chi connectivity index (χ2v) is 4.78. The number of aromatic nitrogens is 1. The molecule has 1 aliphatic carbocycles. The molecule has 1 N–H and O–H groups in total. The third-order valence-corrected chi connectivity index (χ3v) is 3.23. The molecule has 19 heavy (non-hydrogen) atoms. The third-order valence-electron chi connectivity index (χ3n) is 3.23. The Morgan fingerprint density at radius 2 is 2.21 bits per heavy atom. The van der Waals surface area contributed by atoms with E-state index in [0.29, 0.717) is 16.8 Å². The van der Waals surface area contributed by atoms with Crippen LogP contribution in [0.1, 0.15) is 40.6 Å². The molecule has 0 amide bonds. The lowest BCUT2D eigenvalue weighted by atomic mass is 10.1. The predicted octanol–water partition coefficient (Wildman–Crippen LogP) is 3.36. The Bertz CT molecular complexity index is 659. The molecule has 0 spiro atoms. The zero-order chi connectivity index (χ0) is 13.6. The summed E-state index contributed by atoms with van der Waals surface area (Å²) in [4.78, 5) is 15.3. The molecular weight excluding hydrogens is 249 g/mol. The number of benzene rings is 1. The van der Waals surface area contributed by atoms with Gasteiger partial charge >= 0.3 is 5.97 Å². The molecule has 0 radical (unpaired) electrons. The molecule has 0 saturated heterocycles. The van der Waals surface area contributed by atoms with E-state index in [1.54, 1.807) is 19.1 Å². The van der Waals surface area contributed by atoms with E-state index in [1.165, 1.54) is 6.07 Å². The molecule has 0 atom stereocenters. The van der Waals surface area contributed by atoms with Crippen LogP contribution in [0.4, 0.5) is 4.39 Å². The number of aromatic carboxylic acids is 1. The van der Waals surface area contributed by atoms with Crippen LogP contribution in [0.25, 0.3) is 11.5 Å². The molecule has 1 fully saturated rings. The summed E-state index contributed by atoms with van der Waals surface area (Å²) in [6.07, 6.45) is 1.85. The number of halogens is 1. The number of rotatable bonds is 3. The highest BCUT2D eigenvalue weighted by atomic mass is 19.1. The van der Waals surface area contributed by atoms with E-state index >= 15 is 0 Å². The largest absolute Gasteiger partial charge is 0.475 e. The van der Waals surface area contributed by atoms with Crippen molar-refractivity contribution in [2.75, 3.05) is 0 Å². The van der Waals surface area contributed by atoms with E-state index in [0.717, 1.165) is 12.8 Å². The van der Waals surface area contributed by atoms with Gasteiger partial charge in [-0.1, -0.05) is 6.07 Å². The van der Waals surface area contributed by atoms with E-state index in [-0.39, 0.29) is 23.4 Å². The molecule has 1 saturated carbocycles. The van der Waals surface area contributed by atoms with Gasteiger partial charge in [0.15, 0.2) is 0 Å². The SMILES string of the molecule is Cc1ccc(-c2nc(C3CC3)c(C(=O)O)o2)cc1F. The Labute approximate surface area is 108 Å². The van der Waals surface area contributed by atoms with Gasteiger partial charge in [-0.05, 0) is 37.5 Å². The zero-order valence-electron chi connectivity index (χ0n) is 10.3. The standard InChI is InChI=1S/C14H12FNO3/c1-7-2-3-9(6-10(7)15)13-16-11(8-4-5-8)12(19-13)14(17)18/h2-3,6,8H,4-5H2,1H3,(H,17,18). The first-order valence-electron chi connectivity index (χ1n) is 6.07. The highest BCUT2D eigenvalue weighted by molar-refractivity contribution is 5.86. The maximum absolute atomic E-state index is 13.5. The minimum atomic E-state index is -1.13. The second kappa shape index (κ2) is 4.19. The molecule has 3 rings (SSSR count). The molecule has 0 bridgehead atoms. The summed E-state index contributed by atoms with van der Waals surface area (Å²) in [5.74, 6) is -1.29. The summed E-state index contributed by atoms with van der Waals surface area (Å²) in [5, 5.41) is 9.09. The van der Waals surface area contributed by atoms with Gasteiger partial charge in [-0.3, -0.25) is 0 Å². The Kier molecular flexibility index (Phi) is 2.62. The van der Waals surface area contributed by atoms with Crippen molar-refractivity contribution in [3.8, 4) is 11.5 Å². The van der Waals surface area contributed by atoms with Gasteiger partial charge in [-0.25, -0.2) is 14.2 Å². The van der Waals surface area contributed by atoms with Crippen LogP contribution in [0.2, 0.25) is 0 Å². The molecule has 4 nitrogen and oxygen atoms in total. The van der Waals surface area contributed by atoms with Crippen LogP contribution < -0.4 is 0 Å². The molecule has 1 aromatic heterocycles. The Balaban J connectivity index is 2.07. The van der Waals surface area contributed by atoms with Crippen LogP contribution in [-0.2, 0) is 0 Å². The summed E-state index contributed by atoms with van der Waals surface area (Å²) >= 11 is 0. The molecule has 1 aromatic carbocycles. The van der Waals surface area contributed by atoms with E-state index in [2.05, 4.69) is 4.98 Å². The van der Waals surface area contributed by atoms with Crippen LogP contribution in [0, 0.1) is 12.7 Å². The van der Waals surface area contributed by atoms with Crippen molar-refractivity contribution in [3.63, 3.8) is 0 Å². The van der Waals surface area contributed by atoms with E-state index in [9.17, 15) is 9.18 Å². The van der Waals surface area contributed by atoms with Crippen molar-refractivity contribution in [1.29, 1.82) is 0 Å². The number of hydrogen-bond acceptors (Lipinski definition) is 3. The summed E-state index contributed by atoms with van der Waals surface area (Å²) < 4.78 is 18.8. The van der Waals surface area contributed by atoms with E-state index in [1.807, 2.05) is 0 Å². The molecule has 5 heteroatoms. The Morgan fingerprint density at radius 3 is 2.79 bits per heavy atom. The topological polar surface area (TPSA) is 63.3 Å². The normalized spacial score (nSPS) is 14.6. The van der Waals surface area contributed by atoms with Gasteiger partial charge in [0, 0.05) is 11.5 Å². The second-order valence-electron chi connectivity index (χ2n) is 4.78. The first-order chi connectivity index (χ1) is 9.06. The molecule has 1 heterocycles. The smallest absolute Gasteiger partial charge is 0.373 e. The van der Waals surface area contributed by atoms with Crippen molar-refractivity contribution in [2.45, 2.75) is 25.7 Å². The lowest BCUT2D eigenvalue weighted by Crippen LogP contribution is -1.98. The molecule has 2 aromatic rings. The average molecular weight is 261 g/mol. The van der Waals surface area contributed by atoms with Gasteiger partial charge in [0.05, 0.1) is 5.69 Å². The summed E-state index contributed by atoms with van der Waals surface area (Å²) in [6.45, 7) is 1.66. The number of carbonyl (C=O) groups is 1. The molecular formula is C14H12FNO3. The maximum atomic E-state index is 13.5. The third kappa shape index (κ3) is 2.12. The molecule has 98 valence electrons. The van der Waals surface area contributed by atoms with Crippen LogP contribution in [0.15, 0.2) is 22.6 Å². The van der Waals surface area contributed by atoms with E-state index in [4.69, 9.17) is 9.52 Å². The number of aryl methyl sites for hydroxylation is 1. The number of carboxylic acid groups (broad SMARTS) is 1. The number of nitrogens with zero attached hydrogens (tertiary/aromatic N) is 1. The monoisotopic (exact) mass is 261 g/mol.